The third kappa shape index (κ3) is 3.92. The molecule has 0 aromatic heterocycles. The Kier molecular flexibility index (Phi) is 6.06. The minimum Gasteiger partial charge on any atom is -0.392 e. The van der Waals surface area contributed by atoms with Gasteiger partial charge in [0.05, 0.1) is 12.2 Å². The second-order valence-corrected chi connectivity index (χ2v) is 4.69. The number of carbonyl (C=O) groups is 1. The van der Waals surface area contributed by atoms with Crippen LogP contribution in [0.2, 0.25) is 0 Å². The highest BCUT2D eigenvalue weighted by Gasteiger charge is 2.31. The van der Waals surface area contributed by atoms with E-state index >= 15 is 0 Å². The molecule has 0 aliphatic heterocycles. The summed E-state index contributed by atoms with van der Waals surface area (Å²) in [5.41, 5.74) is 0. The SMILES string of the molecule is CCC(=O)[C@@H](C)[C@@H](O)[C@@H](C)[C@@H](O)C(C)C. The van der Waals surface area contributed by atoms with Crippen molar-refractivity contribution in [2.24, 2.45) is 17.8 Å². The number of carbonyl (C=O) groups excluding carboxylic acids is 1. The van der Waals surface area contributed by atoms with Crippen LogP contribution in [0.1, 0.15) is 41.0 Å². The summed E-state index contributed by atoms with van der Waals surface area (Å²) < 4.78 is 0. The van der Waals surface area contributed by atoms with Crippen molar-refractivity contribution in [3.63, 3.8) is 0 Å². The lowest BCUT2D eigenvalue weighted by Crippen LogP contribution is -2.39. The van der Waals surface area contributed by atoms with Crippen LogP contribution in [0.25, 0.3) is 0 Å². The minimum absolute atomic E-state index is 0.0466. The smallest absolute Gasteiger partial charge is 0.138 e. The Labute approximate surface area is 92.5 Å². The van der Waals surface area contributed by atoms with Crippen molar-refractivity contribution in [3.8, 4) is 0 Å². The molecule has 0 aromatic carbocycles. The van der Waals surface area contributed by atoms with Gasteiger partial charge in [0, 0.05) is 18.3 Å². The van der Waals surface area contributed by atoms with Gasteiger partial charge in [0.15, 0.2) is 0 Å². The fourth-order valence-corrected chi connectivity index (χ4v) is 1.78. The zero-order valence-corrected chi connectivity index (χ0v) is 10.4. The van der Waals surface area contributed by atoms with Crippen molar-refractivity contribution in [2.75, 3.05) is 0 Å². The first-order valence-electron chi connectivity index (χ1n) is 5.71. The summed E-state index contributed by atoms with van der Waals surface area (Å²) >= 11 is 0. The van der Waals surface area contributed by atoms with Crippen molar-refractivity contribution >= 4 is 5.78 Å². The monoisotopic (exact) mass is 216 g/mol. The van der Waals surface area contributed by atoms with E-state index in [1.54, 1.807) is 20.8 Å². The first-order valence-corrected chi connectivity index (χ1v) is 5.71. The minimum atomic E-state index is -0.755. The molecule has 0 rings (SSSR count). The fraction of sp³-hybridized carbons (Fsp3) is 0.917. The third-order valence-electron chi connectivity index (χ3n) is 3.13. The van der Waals surface area contributed by atoms with Crippen LogP contribution < -0.4 is 0 Å². The van der Waals surface area contributed by atoms with Crippen LogP contribution >= 0.6 is 0 Å². The molecule has 2 N–H and O–H groups in total. The van der Waals surface area contributed by atoms with Crippen LogP contribution in [0.4, 0.5) is 0 Å². The van der Waals surface area contributed by atoms with Gasteiger partial charge in [-0.2, -0.15) is 0 Å². The molecule has 4 atom stereocenters. The molecule has 0 aliphatic carbocycles. The van der Waals surface area contributed by atoms with Crippen LogP contribution in [0.5, 0.6) is 0 Å². The summed E-state index contributed by atoms with van der Waals surface area (Å²) in [5.74, 6) is -0.516. The average molecular weight is 216 g/mol. The number of aliphatic hydroxyl groups is 2. The van der Waals surface area contributed by atoms with Gasteiger partial charge in [0.2, 0.25) is 0 Å². The summed E-state index contributed by atoms with van der Waals surface area (Å²) in [6.45, 7) is 9.10. The van der Waals surface area contributed by atoms with Crippen LogP contribution in [-0.2, 0) is 4.79 Å². The van der Waals surface area contributed by atoms with Crippen molar-refractivity contribution in [3.05, 3.63) is 0 Å². The number of ketones is 1. The van der Waals surface area contributed by atoms with Crippen LogP contribution in [0.3, 0.4) is 0 Å². The summed E-state index contributed by atoms with van der Waals surface area (Å²) in [6, 6.07) is 0. The van der Waals surface area contributed by atoms with E-state index in [9.17, 15) is 15.0 Å². The molecule has 0 spiro atoms. The molecule has 0 bridgehead atoms. The summed E-state index contributed by atoms with van der Waals surface area (Å²) in [6.07, 6.45) is -0.884. The van der Waals surface area contributed by atoms with E-state index in [2.05, 4.69) is 0 Å². The molecular weight excluding hydrogens is 192 g/mol. The largest absolute Gasteiger partial charge is 0.392 e. The molecular formula is C12H24O3. The Morgan fingerprint density at radius 2 is 1.53 bits per heavy atom. The Morgan fingerprint density at radius 3 is 1.87 bits per heavy atom. The quantitative estimate of drug-likeness (QED) is 0.709. The predicted molar refractivity (Wildman–Crippen MR) is 60.5 cm³/mol. The van der Waals surface area contributed by atoms with Gasteiger partial charge in [0.1, 0.15) is 5.78 Å². The molecule has 0 saturated heterocycles. The van der Waals surface area contributed by atoms with E-state index in [-0.39, 0.29) is 17.6 Å². The Bertz CT molecular complexity index is 201. The molecule has 0 unspecified atom stereocenters. The topological polar surface area (TPSA) is 57.5 Å². The zero-order chi connectivity index (χ0) is 12.2. The highest BCUT2D eigenvalue weighted by Crippen LogP contribution is 2.22. The number of hydrogen-bond acceptors (Lipinski definition) is 3. The molecule has 0 heterocycles. The number of aliphatic hydroxyl groups excluding tert-OH is 2. The Hall–Kier alpha value is -0.410. The van der Waals surface area contributed by atoms with Crippen LogP contribution in [0.15, 0.2) is 0 Å². The molecule has 0 amide bonds. The summed E-state index contributed by atoms with van der Waals surface area (Å²) in [4.78, 5) is 11.4. The fourth-order valence-electron chi connectivity index (χ4n) is 1.78. The van der Waals surface area contributed by atoms with E-state index in [4.69, 9.17) is 0 Å². The molecule has 3 nitrogen and oxygen atoms in total. The third-order valence-corrected chi connectivity index (χ3v) is 3.13. The first kappa shape index (κ1) is 14.6. The maximum Gasteiger partial charge on any atom is 0.138 e. The van der Waals surface area contributed by atoms with E-state index in [0.717, 1.165) is 0 Å². The van der Waals surface area contributed by atoms with E-state index in [1.807, 2.05) is 13.8 Å². The number of hydrogen-bond donors (Lipinski definition) is 2. The molecule has 0 fully saturated rings. The van der Waals surface area contributed by atoms with Crippen LogP contribution in [-0.4, -0.2) is 28.2 Å². The van der Waals surface area contributed by atoms with Gasteiger partial charge >= 0.3 is 0 Å². The average Bonchev–Trinajstić information content (AvgIpc) is 2.23. The molecule has 3 heteroatoms. The highest BCUT2D eigenvalue weighted by atomic mass is 16.3. The summed E-state index contributed by atoms with van der Waals surface area (Å²) in [7, 11) is 0. The molecule has 90 valence electrons. The normalized spacial score (nSPS) is 19.7. The van der Waals surface area contributed by atoms with Crippen molar-refractivity contribution < 1.29 is 15.0 Å². The Morgan fingerprint density at radius 1 is 1.07 bits per heavy atom. The van der Waals surface area contributed by atoms with Gasteiger partial charge in [-0.15, -0.1) is 0 Å². The molecule has 0 radical (unpaired) electrons. The second kappa shape index (κ2) is 6.23. The van der Waals surface area contributed by atoms with Gasteiger partial charge in [-0.25, -0.2) is 0 Å². The molecule has 0 aliphatic rings. The highest BCUT2D eigenvalue weighted by molar-refractivity contribution is 5.80. The Balaban J connectivity index is 4.43. The predicted octanol–water partition coefficient (Wildman–Crippen LogP) is 1.62. The summed E-state index contributed by atoms with van der Waals surface area (Å²) in [5, 5.41) is 19.7. The molecule has 0 saturated carbocycles. The molecule has 0 aromatic rings. The first-order chi connectivity index (χ1) is 6.82. The number of rotatable bonds is 6. The van der Waals surface area contributed by atoms with E-state index < -0.39 is 18.1 Å². The van der Waals surface area contributed by atoms with Crippen molar-refractivity contribution in [2.45, 2.75) is 53.2 Å². The lowest BCUT2D eigenvalue weighted by molar-refractivity contribution is -0.128. The van der Waals surface area contributed by atoms with Gasteiger partial charge in [-0.1, -0.05) is 34.6 Å². The lowest BCUT2D eigenvalue weighted by Gasteiger charge is -2.29. The number of Topliss-reactive ketones (excluding diaryl/α,β-unsaturated/α-hetero) is 1. The lowest BCUT2D eigenvalue weighted by atomic mass is 9.83. The van der Waals surface area contributed by atoms with Crippen molar-refractivity contribution in [1.82, 2.24) is 0 Å². The van der Waals surface area contributed by atoms with E-state index in [1.165, 1.54) is 0 Å². The van der Waals surface area contributed by atoms with Gasteiger partial charge in [0.25, 0.3) is 0 Å². The van der Waals surface area contributed by atoms with Gasteiger partial charge in [-0.3, -0.25) is 4.79 Å². The van der Waals surface area contributed by atoms with Crippen molar-refractivity contribution in [1.29, 1.82) is 0 Å². The second-order valence-electron chi connectivity index (χ2n) is 4.69. The van der Waals surface area contributed by atoms with Gasteiger partial charge < -0.3 is 10.2 Å². The van der Waals surface area contributed by atoms with Gasteiger partial charge in [-0.05, 0) is 5.92 Å². The van der Waals surface area contributed by atoms with E-state index in [0.29, 0.717) is 6.42 Å². The molecule has 15 heavy (non-hydrogen) atoms. The van der Waals surface area contributed by atoms with Crippen LogP contribution in [0, 0.1) is 17.8 Å². The maximum atomic E-state index is 11.4. The maximum absolute atomic E-state index is 11.4. The standard InChI is InChI=1S/C12H24O3/c1-6-10(13)8(4)12(15)9(5)11(14)7(2)3/h7-9,11-12,14-15H,6H2,1-5H3/t8-,9+,11+,12-/m1/s1. The zero-order valence-electron chi connectivity index (χ0n) is 10.4.